The molecule has 0 N–H and O–H groups in total. The lowest BCUT2D eigenvalue weighted by atomic mass is 9.96. The maximum absolute atomic E-state index is 12.4. The van der Waals surface area contributed by atoms with Crippen molar-refractivity contribution in [2.75, 3.05) is 0 Å². The number of nitrogens with zero attached hydrogens (tertiary/aromatic N) is 5. The van der Waals surface area contributed by atoms with Crippen LogP contribution in [0.15, 0.2) is 4.79 Å². The number of fused-ring (bicyclic) bond motifs is 3. The van der Waals surface area contributed by atoms with E-state index >= 15 is 0 Å². The third-order valence-corrected chi connectivity index (χ3v) is 3.76. The number of aromatic nitrogens is 4. The topological polar surface area (TPSA) is 76.0 Å². The largest absolute Gasteiger partial charge is 0.352 e. The molecule has 0 aromatic carbocycles. The summed E-state index contributed by atoms with van der Waals surface area (Å²) in [5.41, 5.74) is 2.58. The van der Waals surface area contributed by atoms with E-state index in [4.69, 9.17) is 10.2 Å². The van der Waals surface area contributed by atoms with Crippen molar-refractivity contribution in [3.8, 4) is 6.07 Å². The highest BCUT2D eigenvalue weighted by Gasteiger charge is 2.22. The first-order valence-corrected chi connectivity index (χ1v) is 7.01. The molecule has 0 atom stereocenters. The molecule has 20 heavy (non-hydrogen) atoms. The van der Waals surface area contributed by atoms with Gasteiger partial charge in [0.25, 0.3) is 0 Å². The fourth-order valence-corrected chi connectivity index (χ4v) is 2.81. The van der Waals surface area contributed by atoms with Gasteiger partial charge in [0.2, 0.25) is 0 Å². The van der Waals surface area contributed by atoms with Crippen LogP contribution in [0.25, 0.3) is 5.65 Å². The Morgan fingerprint density at radius 3 is 2.80 bits per heavy atom. The van der Waals surface area contributed by atoms with E-state index in [2.05, 4.69) is 5.10 Å². The van der Waals surface area contributed by atoms with Crippen LogP contribution in [0.5, 0.6) is 0 Å². The molecule has 0 saturated heterocycles. The summed E-state index contributed by atoms with van der Waals surface area (Å²) in [5, 5.41) is 13.2. The summed E-state index contributed by atoms with van der Waals surface area (Å²) >= 11 is 0. The highest BCUT2D eigenvalue weighted by molar-refractivity contribution is 5.51. The first kappa shape index (κ1) is 12.9. The van der Waals surface area contributed by atoms with Gasteiger partial charge in [-0.05, 0) is 25.7 Å². The second-order valence-electron chi connectivity index (χ2n) is 5.51. The molecule has 0 bridgehead atoms. The summed E-state index contributed by atoms with van der Waals surface area (Å²) in [4.78, 5) is 17.1. The quantitative estimate of drug-likeness (QED) is 0.827. The molecule has 2 aromatic rings. The Bertz CT molecular complexity index is 762. The van der Waals surface area contributed by atoms with Gasteiger partial charge in [0, 0.05) is 17.2 Å². The average Bonchev–Trinajstić information content (AvgIpc) is 2.76. The van der Waals surface area contributed by atoms with Crippen molar-refractivity contribution in [2.45, 2.75) is 52.0 Å². The number of rotatable bonds is 2. The highest BCUT2D eigenvalue weighted by atomic mass is 16.2. The number of aryl methyl sites for hydroxylation is 2. The Kier molecular flexibility index (Phi) is 3.05. The van der Waals surface area contributed by atoms with Gasteiger partial charge < -0.3 is 0 Å². The fourth-order valence-electron chi connectivity index (χ4n) is 2.81. The Balaban J connectivity index is 2.39. The van der Waals surface area contributed by atoms with E-state index in [0.717, 1.165) is 42.8 Å². The van der Waals surface area contributed by atoms with Gasteiger partial charge in [-0.2, -0.15) is 9.94 Å². The van der Waals surface area contributed by atoms with Crippen LogP contribution in [-0.4, -0.2) is 19.2 Å². The third-order valence-electron chi connectivity index (χ3n) is 3.76. The molecule has 0 radical (unpaired) electrons. The Morgan fingerprint density at radius 1 is 1.35 bits per heavy atom. The molecule has 3 rings (SSSR count). The van der Waals surface area contributed by atoms with Crippen molar-refractivity contribution < 1.29 is 0 Å². The molecule has 0 amide bonds. The molecule has 104 valence electrons. The summed E-state index contributed by atoms with van der Waals surface area (Å²) in [5.74, 6) is 0.886. The lowest BCUT2D eigenvalue weighted by Gasteiger charge is -2.18. The van der Waals surface area contributed by atoms with E-state index in [1.165, 1.54) is 4.68 Å². The Labute approximate surface area is 116 Å². The van der Waals surface area contributed by atoms with Crippen molar-refractivity contribution in [3.05, 3.63) is 27.6 Å². The number of hydrogen-bond donors (Lipinski definition) is 0. The zero-order chi connectivity index (χ0) is 14.3. The van der Waals surface area contributed by atoms with Crippen LogP contribution in [0.1, 0.15) is 49.7 Å². The van der Waals surface area contributed by atoms with Crippen molar-refractivity contribution in [2.24, 2.45) is 0 Å². The maximum Gasteiger partial charge on any atom is 0.352 e. The standard InChI is InChI=1S/C14H17N5O/c1-9(2)12-16-11-6-4-3-5-10(11)13-17-18(8-7-15)14(20)19(12)13/h9H,3-6,8H2,1-2H3. The molecule has 0 aliphatic heterocycles. The first-order chi connectivity index (χ1) is 9.63. The molecular formula is C14H17N5O. The molecule has 0 spiro atoms. The molecule has 6 nitrogen and oxygen atoms in total. The normalized spacial score (nSPS) is 14.5. The van der Waals surface area contributed by atoms with Crippen LogP contribution in [0.2, 0.25) is 0 Å². The van der Waals surface area contributed by atoms with Crippen LogP contribution < -0.4 is 5.69 Å². The van der Waals surface area contributed by atoms with Crippen molar-refractivity contribution in [1.82, 2.24) is 19.2 Å². The zero-order valence-electron chi connectivity index (χ0n) is 11.8. The van der Waals surface area contributed by atoms with E-state index in [-0.39, 0.29) is 18.2 Å². The fraction of sp³-hybridized carbons (Fsp3) is 0.571. The van der Waals surface area contributed by atoms with E-state index in [1.807, 2.05) is 19.9 Å². The summed E-state index contributed by atoms with van der Waals surface area (Å²) in [6.45, 7) is 4.02. The van der Waals surface area contributed by atoms with Gasteiger partial charge in [0.1, 0.15) is 12.4 Å². The number of nitriles is 1. The predicted octanol–water partition coefficient (Wildman–Crippen LogP) is 1.42. The van der Waals surface area contributed by atoms with Crippen molar-refractivity contribution >= 4 is 5.65 Å². The van der Waals surface area contributed by atoms with Gasteiger partial charge in [-0.1, -0.05) is 13.8 Å². The van der Waals surface area contributed by atoms with Crippen molar-refractivity contribution in [1.29, 1.82) is 5.26 Å². The molecule has 6 heteroatoms. The predicted molar refractivity (Wildman–Crippen MR) is 73.6 cm³/mol. The second kappa shape index (κ2) is 4.75. The SMILES string of the molecule is CC(C)c1nc2c(c3nn(CC#N)c(=O)n13)CCCC2. The van der Waals surface area contributed by atoms with E-state index < -0.39 is 0 Å². The van der Waals surface area contributed by atoms with Gasteiger partial charge in [-0.3, -0.25) is 0 Å². The van der Waals surface area contributed by atoms with E-state index in [0.29, 0.717) is 5.65 Å². The monoisotopic (exact) mass is 271 g/mol. The van der Waals surface area contributed by atoms with Crippen LogP contribution in [-0.2, 0) is 19.4 Å². The van der Waals surface area contributed by atoms with Crippen molar-refractivity contribution in [3.63, 3.8) is 0 Å². The van der Waals surface area contributed by atoms with Crippen LogP contribution in [0.4, 0.5) is 0 Å². The smallest absolute Gasteiger partial charge is 0.245 e. The summed E-state index contributed by atoms with van der Waals surface area (Å²) in [7, 11) is 0. The molecule has 0 fully saturated rings. The highest BCUT2D eigenvalue weighted by Crippen LogP contribution is 2.25. The lowest BCUT2D eigenvalue weighted by molar-refractivity contribution is 0.638. The Morgan fingerprint density at radius 2 is 2.10 bits per heavy atom. The van der Waals surface area contributed by atoms with Crippen LogP contribution >= 0.6 is 0 Å². The number of hydrogen-bond acceptors (Lipinski definition) is 4. The maximum atomic E-state index is 12.4. The van der Waals surface area contributed by atoms with Gasteiger partial charge in [-0.25, -0.2) is 14.2 Å². The minimum Gasteiger partial charge on any atom is -0.245 e. The molecule has 2 aromatic heterocycles. The summed E-state index contributed by atoms with van der Waals surface area (Å²) in [6, 6.07) is 1.98. The van der Waals surface area contributed by atoms with E-state index in [9.17, 15) is 4.79 Å². The first-order valence-electron chi connectivity index (χ1n) is 7.01. The molecule has 1 aliphatic rings. The lowest BCUT2D eigenvalue weighted by Crippen LogP contribution is -2.24. The summed E-state index contributed by atoms with van der Waals surface area (Å²) < 4.78 is 2.82. The van der Waals surface area contributed by atoms with Gasteiger partial charge >= 0.3 is 5.69 Å². The van der Waals surface area contributed by atoms with Crippen LogP contribution in [0.3, 0.4) is 0 Å². The molecule has 2 heterocycles. The van der Waals surface area contributed by atoms with E-state index in [1.54, 1.807) is 4.40 Å². The third kappa shape index (κ3) is 1.82. The zero-order valence-corrected chi connectivity index (χ0v) is 11.8. The van der Waals surface area contributed by atoms with Gasteiger partial charge in [0.05, 0.1) is 6.07 Å². The second-order valence-corrected chi connectivity index (χ2v) is 5.51. The molecule has 0 unspecified atom stereocenters. The van der Waals surface area contributed by atoms with Crippen LogP contribution in [0, 0.1) is 11.3 Å². The average molecular weight is 271 g/mol. The summed E-state index contributed by atoms with van der Waals surface area (Å²) in [6.07, 6.45) is 4.10. The Hall–Kier alpha value is -2.16. The van der Waals surface area contributed by atoms with Gasteiger partial charge in [0.15, 0.2) is 5.65 Å². The molecule has 1 aliphatic carbocycles. The van der Waals surface area contributed by atoms with Gasteiger partial charge in [-0.15, -0.1) is 5.10 Å². The molecule has 0 saturated carbocycles. The molecular weight excluding hydrogens is 254 g/mol. The minimum absolute atomic E-state index is 0.0210. The minimum atomic E-state index is -0.258.